The van der Waals surface area contributed by atoms with E-state index in [-0.39, 0.29) is 36.0 Å². The summed E-state index contributed by atoms with van der Waals surface area (Å²) in [6, 6.07) is 9.19. The van der Waals surface area contributed by atoms with E-state index in [2.05, 4.69) is 22.7 Å². The molecule has 0 spiro atoms. The van der Waals surface area contributed by atoms with Gasteiger partial charge < -0.3 is 15.5 Å². The van der Waals surface area contributed by atoms with Gasteiger partial charge in [-0.2, -0.15) is 5.10 Å². The third kappa shape index (κ3) is 5.37. The van der Waals surface area contributed by atoms with Crippen molar-refractivity contribution in [2.75, 3.05) is 13.1 Å². The quantitative estimate of drug-likeness (QED) is 0.551. The molecule has 1 aromatic carbocycles. The number of carbonyl (C=O) groups excluding carboxylic acids is 3. The topological polar surface area (TPSA) is 96.3 Å². The van der Waals surface area contributed by atoms with Crippen LogP contribution in [0.3, 0.4) is 0 Å². The molecule has 35 heavy (non-hydrogen) atoms. The number of aromatic nitrogens is 2. The van der Waals surface area contributed by atoms with Gasteiger partial charge in [0.05, 0.1) is 6.54 Å². The normalized spacial score (nSPS) is 20.1. The molecule has 1 unspecified atom stereocenters. The van der Waals surface area contributed by atoms with Gasteiger partial charge in [-0.05, 0) is 44.2 Å². The van der Waals surface area contributed by atoms with Crippen molar-refractivity contribution in [2.24, 2.45) is 0 Å². The second-order valence-corrected chi connectivity index (χ2v) is 10.1. The fourth-order valence-corrected chi connectivity index (χ4v) is 5.16. The molecule has 8 nitrogen and oxygen atoms in total. The third-order valence-corrected chi connectivity index (χ3v) is 7.45. The molecule has 1 saturated carbocycles. The standard InChI is InChI=1S/C26H34ClN5O3/c1-3-4-15-31-24(34)22-16-21(23(33)28-14-13-18-9-5-8-12-20(18)27)30-32(22)17-26(31,2)25(35)29-19-10-6-7-11-19/h5,8-9,12,16,19H,3-4,6-7,10-11,13-15,17H2,1-2H3,(H,28,33)(H,29,35). The molecule has 1 aliphatic heterocycles. The van der Waals surface area contributed by atoms with Crippen molar-refractivity contribution < 1.29 is 14.4 Å². The minimum absolute atomic E-state index is 0.152. The smallest absolute Gasteiger partial charge is 0.273 e. The molecule has 2 heterocycles. The molecule has 2 aliphatic rings. The van der Waals surface area contributed by atoms with E-state index in [1.54, 1.807) is 11.8 Å². The molecule has 1 aliphatic carbocycles. The van der Waals surface area contributed by atoms with E-state index >= 15 is 0 Å². The molecule has 0 saturated heterocycles. The van der Waals surface area contributed by atoms with E-state index in [1.165, 1.54) is 10.7 Å². The van der Waals surface area contributed by atoms with Gasteiger partial charge in [-0.1, -0.05) is 56.0 Å². The van der Waals surface area contributed by atoms with E-state index in [1.807, 2.05) is 24.3 Å². The van der Waals surface area contributed by atoms with Crippen LogP contribution in [-0.4, -0.2) is 57.1 Å². The van der Waals surface area contributed by atoms with Crippen LogP contribution >= 0.6 is 11.6 Å². The zero-order valence-electron chi connectivity index (χ0n) is 20.5. The number of rotatable bonds is 9. The molecule has 1 aromatic heterocycles. The van der Waals surface area contributed by atoms with Gasteiger partial charge in [0.2, 0.25) is 5.91 Å². The molecule has 188 valence electrons. The van der Waals surface area contributed by atoms with Crippen molar-refractivity contribution in [3.05, 3.63) is 52.3 Å². The number of unbranched alkanes of at least 4 members (excludes halogenated alkanes) is 1. The van der Waals surface area contributed by atoms with Crippen molar-refractivity contribution >= 4 is 29.3 Å². The highest BCUT2D eigenvalue weighted by Gasteiger charge is 2.48. The maximum atomic E-state index is 13.5. The van der Waals surface area contributed by atoms with E-state index in [0.29, 0.717) is 30.2 Å². The van der Waals surface area contributed by atoms with Crippen molar-refractivity contribution in [1.82, 2.24) is 25.3 Å². The predicted molar refractivity (Wildman–Crippen MR) is 134 cm³/mol. The lowest BCUT2D eigenvalue weighted by atomic mass is 9.94. The molecular weight excluding hydrogens is 466 g/mol. The zero-order chi connectivity index (χ0) is 25.0. The first-order valence-corrected chi connectivity index (χ1v) is 12.9. The Morgan fingerprint density at radius 1 is 1.23 bits per heavy atom. The predicted octanol–water partition coefficient (Wildman–Crippen LogP) is 3.58. The summed E-state index contributed by atoms with van der Waals surface area (Å²) in [4.78, 5) is 41.4. The second-order valence-electron chi connectivity index (χ2n) is 9.71. The molecular formula is C26H34ClN5O3. The van der Waals surface area contributed by atoms with E-state index in [4.69, 9.17) is 11.6 Å². The van der Waals surface area contributed by atoms with Gasteiger partial charge in [0.1, 0.15) is 11.2 Å². The first-order chi connectivity index (χ1) is 16.8. The molecule has 2 N–H and O–H groups in total. The van der Waals surface area contributed by atoms with Gasteiger partial charge >= 0.3 is 0 Å². The van der Waals surface area contributed by atoms with Gasteiger partial charge in [-0.3, -0.25) is 19.1 Å². The average molecular weight is 500 g/mol. The Balaban J connectivity index is 1.49. The molecule has 2 aromatic rings. The summed E-state index contributed by atoms with van der Waals surface area (Å²) >= 11 is 6.19. The van der Waals surface area contributed by atoms with Crippen LogP contribution in [0, 0.1) is 0 Å². The molecule has 1 fully saturated rings. The van der Waals surface area contributed by atoms with Crippen LogP contribution in [0.5, 0.6) is 0 Å². The fraction of sp³-hybridized carbons (Fsp3) is 0.538. The number of hydrogen-bond acceptors (Lipinski definition) is 4. The lowest BCUT2D eigenvalue weighted by molar-refractivity contribution is -0.133. The van der Waals surface area contributed by atoms with E-state index in [9.17, 15) is 14.4 Å². The Labute approximate surface area is 211 Å². The molecule has 3 amide bonds. The highest BCUT2D eigenvalue weighted by atomic mass is 35.5. The SMILES string of the molecule is CCCCN1C(=O)c2cc(C(=O)NCCc3ccccc3Cl)nn2CC1(C)C(=O)NC1CCCC1. The van der Waals surface area contributed by atoms with Gasteiger partial charge in [-0.15, -0.1) is 0 Å². The maximum absolute atomic E-state index is 13.5. The Hall–Kier alpha value is -2.87. The number of nitrogens with zero attached hydrogens (tertiary/aromatic N) is 3. The van der Waals surface area contributed by atoms with Crippen molar-refractivity contribution in [3.63, 3.8) is 0 Å². The maximum Gasteiger partial charge on any atom is 0.273 e. The molecule has 4 rings (SSSR count). The van der Waals surface area contributed by atoms with Crippen LogP contribution in [0.15, 0.2) is 30.3 Å². The molecule has 1 atom stereocenters. The third-order valence-electron chi connectivity index (χ3n) is 7.08. The monoisotopic (exact) mass is 499 g/mol. The average Bonchev–Trinajstić information content (AvgIpc) is 3.50. The molecule has 0 bridgehead atoms. The lowest BCUT2D eigenvalue weighted by Crippen LogP contribution is -2.65. The van der Waals surface area contributed by atoms with Crippen LogP contribution in [-0.2, 0) is 17.8 Å². The Kier molecular flexibility index (Phi) is 7.79. The van der Waals surface area contributed by atoms with Crippen molar-refractivity contribution in [1.29, 1.82) is 0 Å². The summed E-state index contributed by atoms with van der Waals surface area (Å²) in [5, 5.41) is 11.1. The highest BCUT2D eigenvalue weighted by molar-refractivity contribution is 6.31. The summed E-state index contributed by atoms with van der Waals surface area (Å²) in [6.07, 6.45) is 6.44. The van der Waals surface area contributed by atoms with Crippen LogP contribution in [0.4, 0.5) is 0 Å². The van der Waals surface area contributed by atoms with Crippen LogP contribution in [0.2, 0.25) is 5.02 Å². The highest BCUT2D eigenvalue weighted by Crippen LogP contribution is 2.29. The number of benzene rings is 1. The van der Waals surface area contributed by atoms with E-state index < -0.39 is 5.54 Å². The van der Waals surface area contributed by atoms with Gasteiger partial charge in [-0.25, -0.2) is 0 Å². The Morgan fingerprint density at radius 3 is 2.69 bits per heavy atom. The summed E-state index contributed by atoms with van der Waals surface area (Å²) in [6.45, 7) is 4.94. The van der Waals surface area contributed by atoms with Crippen LogP contribution in [0.25, 0.3) is 0 Å². The van der Waals surface area contributed by atoms with Crippen LogP contribution in [0.1, 0.15) is 78.9 Å². The minimum Gasteiger partial charge on any atom is -0.351 e. The first-order valence-electron chi connectivity index (χ1n) is 12.6. The number of nitrogens with one attached hydrogen (secondary N) is 2. The number of carbonyl (C=O) groups is 3. The van der Waals surface area contributed by atoms with E-state index in [0.717, 1.165) is 44.1 Å². The number of amides is 3. The number of fused-ring (bicyclic) bond motifs is 1. The second kappa shape index (κ2) is 10.8. The van der Waals surface area contributed by atoms with Gasteiger partial charge in [0.25, 0.3) is 11.8 Å². The summed E-state index contributed by atoms with van der Waals surface area (Å²) < 4.78 is 1.52. The van der Waals surface area contributed by atoms with Crippen LogP contribution < -0.4 is 10.6 Å². The summed E-state index contributed by atoms with van der Waals surface area (Å²) in [7, 11) is 0. The molecule has 9 heteroatoms. The fourth-order valence-electron chi connectivity index (χ4n) is 4.93. The first kappa shape index (κ1) is 25.2. The minimum atomic E-state index is -1.06. The Morgan fingerprint density at radius 2 is 1.97 bits per heavy atom. The Bertz CT molecular complexity index is 1090. The molecule has 0 radical (unpaired) electrons. The number of hydrogen-bond donors (Lipinski definition) is 2. The lowest BCUT2D eigenvalue weighted by Gasteiger charge is -2.43. The summed E-state index contributed by atoms with van der Waals surface area (Å²) in [5.41, 5.74) is 0.391. The summed E-state index contributed by atoms with van der Waals surface area (Å²) in [5.74, 6) is -0.777. The zero-order valence-corrected chi connectivity index (χ0v) is 21.2. The van der Waals surface area contributed by atoms with Gasteiger partial charge in [0.15, 0.2) is 5.69 Å². The van der Waals surface area contributed by atoms with Crippen molar-refractivity contribution in [2.45, 2.75) is 76.9 Å². The van der Waals surface area contributed by atoms with Crippen molar-refractivity contribution in [3.8, 4) is 0 Å². The number of halogens is 1. The van der Waals surface area contributed by atoms with Gasteiger partial charge in [0, 0.05) is 30.2 Å². The largest absolute Gasteiger partial charge is 0.351 e.